The lowest BCUT2D eigenvalue weighted by Crippen LogP contribution is -2.16. The van der Waals surface area contributed by atoms with Crippen LogP contribution in [0.25, 0.3) is 77.3 Å². The van der Waals surface area contributed by atoms with Gasteiger partial charge in [-0.2, -0.15) is 0 Å². The van der Waals surface area contributed by atoms with Gasteiger partial charge in [0.1, 0.15) is 23.0 Å². The van der Waals surface area contributed by atoms with E-state index in [1.54, 1.807) is 0 Å². The van der Waals surface area contributed by atoms with E-state index in [1.807, 2.05) is 18.5 Å². The Labute approximate surface area is 294 Å². The van der Waals surface area contributed by atoms with Crippen LogP contribution in [-0.4, -0.2) is 15.7 Å². The van der Waals surface area contributed by atoms with E-state index in [1.165, 1.54) is 38.5 Å². The Morgan fingerprint density at radius 3 is 2.02 bits per heavy atom. The highest BCUT2D eigenvalue weighted by atomic mass is 16.5. The molecular weight excluding hydrogens is 625 g/mol. The molecule has 9 aromatic rings. The summed E-state index contributed by atoms with van der Waals surface area (Å²) in [7, 11) is 0. The summed E-state index contributed by atoms with van der Waals surface area (Å²) in [5.41, 5.74) is 13.3. The fourth-order valence-corrected chi connectivity index (χ4v) is 8.16. The maximum absolute atomic E-state index is 6.36. The highest BCUT2D eigenvalue weighted by Crippen LogP contribution is 2.44. The van der Waals surface area contributed by atoms with Gasteiger partial charge >= 0.3 is 0 Å². The van der Waals surface area contributed by atoms with E-state index in [0.29, 0.717) is 0 Å². The summed E-state index contributed by atoms with van der Waals surface area (Å²) < 4.78 is 14.9. The van der Waals surface area contributed by atoms with Crippen LogP contribution in [0, 0.1) is 0 Å². The van der Waals surface area contributed by atoms with Crippen LogP contribution in [0.1, 0.15) is 17.0 Å². The van der Waals surface area contributed by atoms with Crippen molar-refractivity contribution in [3.63, 3.8) is 0 Å². The molecule has 0 spiro atoms. The third-order valence-electron chi connectivity index (χ3n) is 10.6. The lowest BCUT2D eigenvalue weighted by Gasteiger charge is -2.19. The van der Waals surface area contributed by atoms with Crippen molar-refractivity contribution in [2.75, 3.05) is 0 Å². The van der Waals surface area contributed by atoms with E-state index < -0.39 is 0 Å². The highest BCUT2D eigenvalue weighted by Gasteiger charge is 2.33. The smallest absolute Gasteiger partial charge is 0.135 e. The summed E-state index contributed by atoms with van der Waals surface area (Å²) in [6.45, 7) is 0. The van der Waals surface area contributed by atoms with Crippen molar-refractivity contribution >= 4 is 49.3 Å². The average molecular weight is 655 g/mol. The summed E-state index contributed by atoms with van der Waals surface area (Å²) >= 11 is 0. The van der Waals surface area contributed by atoms with Crippen LogP contribution in [-0.2, 0) is 0 Å². The van der Waals surface area contributed by atoms with Crippen molar-refractivity contribution in [3.8, 4) is 33.7 Å². The van der Waals surface area contributed by atoms with E-state index >= 15 is 0 Å². The first-order valence-corrected chi connectivity index (χ1v) is 17.4. The molecule has 51 heavy (non-hydrogen) atoms. The molecule has 0 fully saturated rings. The second kappa shape index (κ2) is 10.9. The molecule has 4 heteroatoms. The van der Waals surface area contributed by atoms with Crippen molar-refractivity contribution in [1.82, 2.24) is 9.55 Å². The number of para-hydroxylation sites is 3. The molecule has 4 nitrogen and oxygen atoms in total. The Morgan fingerprint density at radius 1 is 0.529 bits per heavy atom. The predicted octanol–water partition coefficient (Wildman–Crippen LogP) is 11.9. The van der Waals surface area contributed by atoms with Gasteiger partial charge in [0.2, 0.25) is 0 Å². The molecular formula is C47H30N2O2. The number of pyridine rings is 1. The zero-order valence-corrected chi connectivity index (χ0v) is 27.5. The van der Waals surface area contributed by atoms with Crippen molar-refractivity contribution in [1.29, 1.82) is 0 Å². The molecule has 1 aliphatic carbocycles. The Balaban J connectivity index is 0.967. The van der Waals surface area contributed by atoms with Gasteiger partial charge in [-0.15, -0.1) is 0 Å². The molecule has 0 amide bonds. The number of hydrogen-bond acceptors (Lipinski definition) is 3. The van der Waals surface area contributed by atoms with Gasteiger partial charge < -0.3 is 13.7 Å². The van der Waals surface area contributed by atoms with Crippen LogP contribution in [0.15, 0.2) is 175 Å². The number of ether oxygens (including phenoxy) is 1. The minimum Gasteiger partial charge on any atom is -0.485 e. The van der Waals surface area contributed by atoms with Crippen LogP contribution in [0.2, 0.25) is 0 Å². The zero-order valence-electron chi connectivity index (χ0n) is 27.5. The molecule has 0 radical (unpaired) electrons. The van der Waals surface area contributed by atoms with Gasteiger partial charge in [-0.1, -0.05) is 91.0 Å². The zero-order chi connectivity index (χ0) is 33.5. The highest BCUT2D eigenvalue weighted by molar-refractivity contribution is 6.11. The van der Waals surface area contributed by atoms with E-state index in [0.717, 1.165) is 55.6 Å². The molecule has 11 rings (SSSR count). The third kappa shape index (κ3) is 4.43. The molecule has 2 aliphatic rings. The summed E-state index contributed by atoms with van der Waals surface area (Å²) in [4.78, 5) is 4.71. The van der Waals surface area contributed by atoms with Crippen LogP contribution < -0.4 is 4.74 Å². The fourth-order valence-electron chi connectivity index (χ4n) is 8.16. The molecule has 0 N–H and O–H groups in total. The van der Waals surface area contributed by atoms with Gasteiger partial charge in [0.15, 0.2) is 0 Å². The van der Waals surface area contributed by atoms with E-state index in [4.69, 9.17) is 14.1 Å². The van der Waals surface area contributed by atoms with Gasteiger partial charge in [-0.3, -0.25) is 4.98 Å². The molecule has 3 aromatic heterocycles. The molecule has 0 saturated carbocycles. The normalized spacial score (nSPS) is 16.4. The SMILES string of the molecule is C1=CC2Oc3ccccc3C2C=C1c1cccc(-c2cncc(-c3ccc4oc5ccc(-n6c7ccccc7c7ccccc76)cc5c4c3)c2)c1. The third-order valence-corrected chi connectivity index (χ3v) is 10.6. The number of nitrogens with zero attached hydrogens (tertiary/aromatic N) is 2. The number of rotatable bonds is 4. The number of aromatic nitrogens is 2. The lowest BCUT2D eigenvalue weighted by atomic mass is 9.86. The quantitative estimate of drug-likeness (QED) is 0.190. The number of furan rings is 1. The molecule has 0 bridgehead atoms. The molecule has 4 heterocycles. The van der Waals surface area contributed by atoms with E-state index in [9.17, 15) is 0 Å². The molecule has 1 aliphatic heterocycles. The summed E-state index contributed by atoms with van der Waals surface area (Å²) in [6.07, 6.45) is 10.7. The Bertz CT molecular complexity index is 2870. The first kappa shape index (κ1) is 28.2. The van der Waals surface area contributed by atoms with Crippen LogP contribution >= 0.6 is 0 Å². The van der Waals surface area contributed by atoms with Crippen LogP contribution in [0.5, 0.6) is 5.75 Å². The second-order valence-electron chi connectivity index (χ2n) is 13.5. The summed E-state index contributed by atoms with van der Waals surface area (Å²) in [5, 5.41) is 4.68. The van der Waals surface area contributed by atoms with Crippen molar-refractivity contribution in [2.45, 2.75) is 12.0 Å². The summed E-state index contributed by atoms with van der Waals surface area (Å²) in [5.74, 6) is 1.21. The molecule has 6 aromatic carbocycles. The number of hydrogen-bond donors (Lipinski definition) is 0. The predicted molar refractivity (Wildman–Crippen MR) is 207 cm³/mol. The van der Waals surface area contributed by atoms with Crippen molar-refractivity contribution in [2.24, 2.45) is 0 Å². The van der Waals surface area contributed by atoms with Crippen molar-refractivity contribution < 1.29 is 9.15 Å². The molecule has 240 valence electrons. The second-order valence-corrected chi connectivity index (χ2v) is 13.5. The number of benzene rings is 6. The first-order chi connectivity index (χ1) is 25.2. The first-order valence-electron chi connectivity index (χ1n) is 17.4. The maximum atomic E-state index is 6.36. The molecule has 2 atom stereocenters. The Morgan fingerprint density at radius 2 is 1.20 bits per heavy atom. The average Bonchev–Trinajstić information content (AvgIpc) is 3.86. The van der Waals surface area contributed by atoms with E-state index in [2.05, 4.69) is 156 Å². The molecule has 0 saturated heterocycles. The Hall–Kier alpha value is -6.65. The van der Waals surface area contributed by atoms with Gasteiger partial charge in [-0.05, 0) is 89.0 Å². The van der Waals surface area contributed by atoms with Gasteiger partial charge in [0.05, 0.1) is 11.0 Å². The summed E-state index contributed by atoms with van der Waals surface area (Å²) in [6, 6.07) is 49.6. The van der Waals surface area contributed by atoms with Gasteiger partial charge in [0.25, 0.3) is 0 Å². The molecule has 2 unspecified atom stereocenters. The maximum Gasteiger partial charge on any atom is 0.135 e. The van der Waals surface area contributed by atoms with Crippen LogP contribution in [0.4, 0.5) is 0 Å². The van der Waals surface area contributed by atoms with Gasteiger partial charge in [-0.25, -0.2) is 0 Å². The van der Waals surface area contributed by atoms with Crippen molar-refractivity contribution in [3.05, 3.63) is 181 Å². The lowest BCUT2D eigenvalue weighted by molar-refractivity contribution is 0.269. The van der Waals surface area contributed by atoms with Gasteiger partial charge in [0, 0.05) is 62.2 Å². The number of allylic oxidation sites excluding steroid dienone is 2. The minimum atomic E-state index is 0.0557. The van der Waals surface area contributed by atoms with Crippen LogP contribution in [0.3, 0.4) is 0 Å². The number of fused-ring (bicyclic) bond motifs is 9. The Kier molecular flexibility index (Phi) is 6.05. The topological polar surface area (TPSA) is 40.2 Å². The minimum absolute atomic E-state index is 0.0557. The van der Waals surface area contributed by atoms with E-state index in [-0.39, 0.29) is 12.0 Å². The largest absolute Gasteiger partial charge is 0.485 e. The standard InChI is InChI=1S/C47H30N2O2/c1-4-13-42-36(10-1)37-11-2-5-14-43(37)49(42)35-18-21-47-41(26-35)40-25-32(17-20-46(40)51-47)34-23-33(27-48-28-34)30-9-7-8-29(22-30)31-16-19-45-39(24-31)38-12-3-6-15-44(38)50-45/h1-28,39,45H. The fraction of sp³-hybridized carbons (Fsp3) is 0.0426. The monoisotopic (exact) mass is 654 g/mol.